The Labute approximate surface area is 141 Å². The number of carbonyl (C=O) groups excluding carboxylic acids is 2. The van der Waals surface area contributed by atoms with Gasteiger partial charge in [-0.15, -0.1) is 0 Å². The van der Waals surface area contributed by atoms with Crippen LogP contribution in [0.3, 0.4) is 0 Å². The van der Waals surface area contributed by atoms with Crippen molar-refractivity contribution in [3.8, 4) is 11.5 Å². The molecule has 5 nitrogen and oxygen atoms in total. The molecule has 1 fully saturated rings. The fourth-order valence-corrected chi connectivity index (χ4v) is 3.32. The van der Waals surface area contributed by atoms with Gasteiger partial charge in [-0.25, -0.2) is 0 Å². The van der Waals surface area contributed by atoms with Crippen molar-refractivity contribution < 1.29 is 19.1 Å². The number of ether oxygens (including phenoxy) is 2. The molecule has 1 aromatic carbocycles. The van der Waals surface area contributed by atoms with E-state index in [4.69, 9.17) is 9.47 Å². The minimum Gasteiger partial charge on any atom is -0.490 e. The third-order valence-corrected chi connectivity index (χ3v) is 4.45. The maximum absolute atomic E-state index is 11.9. The molecule has 2 rings (SSSR count). The third-order valence-electron chi connectivity index (χ3n) is 2.90. The summed E-state index contributed by atoms with van der Waals surface area (Å²) in [5, 5.41) is -0.272. The molecule has 0 aliphatic carbocycles. The number of hydrogen-bond acceptors (Lipinski definition) is 5. The Morgan fingerprint density at radius 3 is 2.45 bits per heavy atom. The second-order valence-corrected chi connectivity index (χ2v) is 6.28. The van der Waals surface area contributed by atoms with Crippen LogP contribution in [-0.2, 0) is 4.79 Å². The van der Waals surface area contributed by atoms with E-state index in [2.05, 4.69) is 15.9 Å². The molecular formula is C15H16BrNO4S. The van der Waals surface area contributed by atoms with Crippen LogP contribution in [0.15, 0.2) is 21.5 Å². The van der Waals surface area contributed by atoms with Gasteiger partial charge in [-0.1, -0.05) is 0 Å². The molecule has 0 bridgehead atoms. The number of likely N-dealkylation sites (N-methyl/N-ethyl adjacent to an activating group) is 1. The van der Waals surface area contributed by atoms with Crippen molar-refractivity contribution in [2.24, 2.45) is 0 Å². The predicted octanol–water partition coefficient (Wildman–Crippen LogP) is 3.91. The van der Waals surface area contributed by atoms with Crippen molar-refractivity contribution in [2.75, 3.05) is 20.3 Å². The second-order valence-electron chi connectivity index (χ2n) is 4.44. The van der Waals surface area contributed by atoms with E-state index in [1.807, 2.05) is 19.9 Å². The molecule has 2 amide bonds. The minimum absolute atomic E-state index is 0.272. The van der Waals surface area contributed by atoms with Gasteiger partial charge in [-0.05, 0) is 65.3 Å². The topological polar surface area (TPSA) is 55.8 Å². The Balaban J connectivity index is 2.40. The highest BCUT2D eigenvalue weighted by atomic mass is 79.9. The number of rotatable bonds is 5. The van der Waals surface area contributed by atoms with Crippen LogP contribution in [-0.4, -0.2) is 36.3 Å². The van der Waals surface area contributed by atoms with Crippen molar-refractivity contribution in [3.63, 3.8) is 0 Å². The SMILES string of the molecule is CCOc1cc(/C=C2\SC(=O)N(C)C2=O)cc(Br)c1OCC. The van der Waals surface area contributed by atoms with Gasteiger partial charge in [0, 0.05) is 7.05 Å². The first-order valence-corrected chi connectivity index (χ1v) is 8.39. The number of thioether (sulfide) groups is 1. The molecule has 7 heteroatoms. The Bertz CT molecular complexity index is 645. The average Bonchev–Trinajstić information content (AvgIpc) is 2.70. The van der Waals surface area contributed by atoms with Gasteiger partial charge in [-0.2, -0.15) is 0 Å². The van der Waals surface area contributed by atoms with E-state index in [1.54, 1.807) is 12.1 Å². The van der Waals surface area contributed by atoms with Crippen molar-refractivity contribution in [1.82, 2.24) is 4.90 Å². The van der Waals surface area contributed by atoms with Crippen LogP contribution in [0.4, 0.5) is 4.79 Å². The lowest BCUT2D eigenvalue weighted by Crippen LogP contribution is -2.22. The summed E-state index contributed by atoms with van der Waals surface area (Å²) in [6.45, 7) is 4.81. The molecule has 0 N–H and O–H groups in total. The van der Waals surface area contributed by atoms with Crippen LogP contribution in [0.25, 0.3) is 6.08 Å². The fourth-order valence-electron chi connectivity index (χ4n) is 1.92. The summed E-state index contributed by atoms with van der Waals surface area (Å²) in [5.74, 6) is 0.934. The highest BCUT2D eigenvalue weighted by Gasteiger charge is 2.31. The van der Waals surface area contributed by atoms with Crippen molar-refractivity contribution >= 4 is 44.9 Å². The van der Waals surface area contributed by atoms with Gasteiger partial charge < -0.3 is 9.47 Å². The largest absolute Gasteiger partial charge is 0.490 e. The quantitative estimate of drug-likeness (QED) is 0.719. The maximum Gasteiger partial charge on any atom is 0.293 e. The van der Waals surface area contributed by atoms with Crippen molar-refractivity contribution in [3.05, 3.63) is 27.1 Å². The van der Waals surface area contributed by atoms with Gasteiger partial charge in [-0.3, -0.25) is 14.5 Å². The van der Waals surface area contributed by atoms with Crippen LogP contribution in [0.1, 0.15) is 19.4 Å². The van der Waals surface area contributed by atoms with E-state index in [9.17, 15) is 9.59 Å². The van der Waals surface area contributed by atoms with E-state index in [-0.39, 0.29) is 11.1 Å². The molecule has 0 radical (unpaired) electrons. The van der Waals surface area contributed by atoms with Gasteiger partial charge in [0.05, 0.1) is 22.6 Å². The molecule has 1 saturated heterocycles. The van der Waals surface area contributed by atoms with Gasteiger partial charge in [0.25, 0.3) is 11.1 Å². The molecule has 0 saturated carbocycles. The molecule has 0 spiro atoms. The zero-order valence-corrected chi connectivity index (χ0v) is 14.9. The highest BCUT2D eigenvalue weighted by Crippen LogP contribution is 2.39. The van der Waals surface area contributed by atoms with Crippen LogP contribution >= 0.6 is 27.7 Å². The molecule has 0 unspecified atom stereocenters. The Kier molecular flexibility index (Phi) is 5.52. The Hall–Kier alpha value is -1.47. The number of imide groups is 1. The van der Waals surface area contributed by atoms with E-state index < -0.39 is 0 Å². The molecule has 22 heavy (non-hydrogen) atoms. The summed E-state index contributed by atoms with van der Waals surface area (Å²) in [4.78, 5) is 25.0. The smallest absolute Gasteiger partial charge is 0.293 e. The predicted molar refractivity (Wildman–Crippen MR) is 90.2 cm³/mol. The number of carbonyl (C=O) groups is 2. The standard InChI is InChI=1S/C15H16BrNO4S/c1-4-20-11-7-9(6-10(16)13(11)21-5-2)8-12-14(18)17(3)15(19)22-12/h6-8H,4-5H2,1-3H3/b12-8-. The first-order chi connectivity index (χ1) is 10.5. The van der Waals surface area contributed by atoms with Crippen LogP contribution in [0, 0.1) is 0 Å². The summed E-state index contributed by atoms with van der Waals surface area (Å²) < 4.78 is 11.9. The lowest BCUT2D eigenvalue weighted by Gasteiger charge is -2.13. The molecule has 0 aromatic heterocycles. The molecule has 0 atom stereocenters. The van der Waals surface area contributed by atoms with E-state index in [0.717, 1.165) is 26.7 Å². The summed E-state index contributed by atoms with van der Waals surface area (Å²) in [5.41, 5.74) is 0.762. The van der Waals surface area contributed by atoms with E-state index in [1.165, 1.54) is 7.05 Å². The van der Waals surface area contributed by atoms with Crippen molar-refractivity contribution in [1.29, 1.82) is 0 Å². The Morgan fingerprint density at radius 1 is 1.23 bits per heavy atom. The molecule has 1 heterocycles. The minimum atomic E-state index is -0.294. The number of halogens is 1. The zero-order chi connectivity index (χ0) is 16.3. The summed E-state index contributed by atoms with van der Waals surface area (Å²) in [6.07, 6.45) is 1.68. The van der Waals surface area contributed by atoms with Gasteiger partial charge in [0.1, 0.15) is 0 Å². The van der Waals surface area contributed by atoms with Crippen LogP contribution in [0.2, 0.25) is 0 Å². The molecular weight excluding hydrogens is 370 g/mol. The summed E-state index contributed by atoms with van der Waals surface area (Å²) >= 11 is 4.38. The lowest BCUT2D eigenvalue weighted by molar-refractivity contribution is -0.121. The Morgan fingerprint density at radius 2 is 1.91 bits per heavy atom. The van der Waals surface area contributed by atoms with Gasteiger partial charge in [0.2, 0.25) is 0 Å². The van der Waals surface area contributed by atoms with E-state index >= 15 is 0 Å². The maximum atomic E-state index is 11.9. The first kappa shape index (κ1) is 16.9. The molecule has 1 aliphatic rings. The van der Waals surface area contributed by atoms with Crippen LogP contribution in [0.5, 0.6) is 11.5 Å². The van der Waals surface area contributed by atoms with Crippen LogP contribution < -0.4 is 9.47 Å². The third kappa shape index (κ3) is 3.47. The van der Waals surface area contributed by atoms with Gasteiger partial charge in [0.15, 0.2) is 11.5 Å². The summed E-state index contributed by atoms with van der Waals surface area (Å²) in [7, 11) is 1.47. The lowest BCUT2D eigenvalue weighted by atomic mass is 10.2. The number of hydrogen-bond donors (Lipinski definition) is 0. The van der Waals surface area contributed by atoms with Gasteiger partial charge >= 0.3 is 0 Å². The first-order valence-electron chi connectivity index (χ1n) is 6.78. The molecule has 118 valence electrons. The molecule has 1 aliphatic heterocycles. The molecule has 1 aromatic rings. The summed E-state index contributed by atoms with van der Waals surface area (Å²) in [6, 6.07) is 3.63. The fraction of sp³-hybridized carbons (Fsp3) is 0.333. The van der Waals surface area contributed by atoms with E-state index in [0.29, 0.717) is 29.6 Å². The number of nitrogens with zero attached hydrogens (tertiary/aromatic N) is 1. The highest BCUT2D eigenvalue weighted by molar-refractivity contribution is 9.10. The number of amides is 2. The number of benzene rings is 1. The normalized spacial score (nSPS) is 16.5. The zero-order valence-electron chi connectivity index (χ0n) is 12.5. The monoisotopic (exact) mass is 385 g/mol. The second kappa shape index (κ2) is 7.19. The average molecular weight is 386 g/mol. The van der Waals surface area contributed by atoms with Crippen molar-refractivity contribution in [2.45, 2.75) is 13.8 Å².